The molecule has 2 N–H and O–H groups in total. The molecule has 1 saturated heterocycles. The number of carbonyl (C=O) groups is 4. The van der Waals surface area contributed by atoms with Gasteiger partial charge in [0.15, 0.2) is 0 Å². The summed E-state index contributed by atoms with van der Waals surface area (Å²) < 4.78 is 0. The monoisotopic (exact) mass is 500 g/mol. The van der Waals surface area contributed by atoms with Crippen molar-refractivity contribution in [2.75, 3.05) is 0 Å². The van der Waals surface area contributed by atoms with E-state index in [0.717, 1.165) is 64.2 Å². The van der Waals surface area contributed by atoms with Crippen molar-refractivity contribution >= 4 is 34.7 Å². The Bertz CT molecular complexity index is 969. The van der Waals surface area contributed by atoms with Gasteiger partial charge in [-0.25, -0.2) is 0 Å². The minimum atomic E-state index is -0.320. The lowest BCUT2D eigenvalue weighted by molar-refractivity contribution is -0.157. The van der Waals surface area contributed by atoms with Gasteiger partial charge in [-0.1, -0.05) is 25.7 Å². The maximum Gasteiger partial charge on any atom is 0.142 e. The van der Waals surface area contributed by atoms with Crippen LogP contribution in [0, 0.1) is 47.3 Å². The van der Waals surface area contributed by atoms with Gasteiger partial charge in [0.2, 0.25) is 0 Å². The number of hydrogen-bond acceptors (Lipinski definition) is 6. The van der Waals surface area contributed by atoms with Crippen LogP contribution >= 0.6 is 11.6 Å². The Morgan fingerprint density at radius 1 is 0.514 bits per heavy atom. The molecule has 13 unspecified atom stereocenters. The highest BCUT2D eigenvalue weighted by atomic mass is 35.5. The van der Waals surface area contributed by atoms with Crippen molar-refractivity contribution in [2.24, 2.45) is 47.3 Å². The number of carbonyl (C=O) groups excluding carboxylic acids is 4. The molecule has 7 heteroatoms. The van der Waals surface area contributed by atoms with E-state index in [2.05, 4.69) is 10.6 Å². The highest BCUT2D eigenvalue weighted by Crippen LogP contribution is 2.51. The summed E-state index contributed by atoms with van der Waals surface area (Å²) in [5.74, 6) is -0.327. The summed E-state index contributed by atoms with van der Waals surface area (Å²) in [6, 6.07) is -0.431. The molecule has 1 heterocycles. The van der Waals surface area contributed by atoms with Gasteiger partial charge in [-0.2, -0.15) is 0 Å². The second kappa shape index (κ2) is 8.46. The van der Waals surface area contributed by atoms with Crippen molar-refractivity contribution in [2.45, 2.75) is 100 Å². The van der Waals surface area contributed by atoms with E-state index in [-0.39, 0.29) is 94.2 Å². The number of fused-ring (bicyclic) bond motifs is 8. The molecule has 35 heavy (non-hydrogen) atoms. The summed E-state index contributed by atoms with van der Waals surface area (Å²) in [6.07, 6.45) is 9.63. The van der Waals surface area contributed by atoms with Crippen LogP contribution in [0.3, 0.4) is 0 Å². The summed E-state index contributed by atoms with van der Waals surface area (Å²) in [7, 11) is 0. The average molecular weight is 501 g/mol. The van der Waals surface area contributed by atoms with E-state index in [1.807, 2.05) is 0 Å². The largest absolute Gasteiger partial charge is 0.307 e. The molecule has 6 aliphatic carbocycles. The Balaban J connectivity index is 1.18. The van der Waals surface area contributed by atoms with Gasteiger partial charge in [-0.05, 0) is 44.9 Å². The van der Waals surface area contributed by atoms with Crippen LogP contribution in [0.4, 0.5) is 0 Å². The molecule has 7 fully saturated rings. The number of ketones is 4. The zero-order valence-electron chi connectivity index (χ0n) is 20.3. The molecular formula is C28H37ClN2O4. The van der Waals surface area contributed by atoms with Crippen molar-refractivity contribution < 1.29 is 19.2 Å². The molecule has 6 nitrogen and oxygen atoms in total. The van der Waals surface area contributed by atoms with Gasteiger partial charge in [-0.3, -0.25) is 19.2 Å². The molecule has 7 aliphatic rings. The first-order valence-corrected chi connectivity index (χ1v) is 14.7. The Labute approximate surface area is 212 Å². The Kier molecular flexibility index (Phi) is 5.57. The number of halogens is 1. The molecule has 1 aliphatic heterocycles. The van der Waals surface area contributed by atoms with E-state index in [0.29, 0.717) is 12.2 Å². The van der Waals surface area contributed by atoms with Crippen LogP contribution in [-0.2, 0) is 19.2 Å². The van der Waals surface area contributed by atoms with Crippen molar-refractivity contribution in [1.82, 2.24) is 10.6 Å². The fraction of sp³-hybridized carbons (Fsp3) is 0.857. The SMILES string of the molecule is O=C1C2CCCCC2C(=O)C2C1CCC1NC3C(NC12)C(Cl)CC1C(=O)C2CCCCC2C(=O)C13. The summed E-state index contributed by atoms with van der Waals surface area (Å²) in [6.45, 7) is 0. The quantitative estimate of drug-likeness (QED) is 0.497. The van der Waals surface area contributed by atoms with Gasteiger partial charge in [0.25, 0.3) is 0 Å². The summed E-state index contributed by atoms with van der Waals surface area (Å²) in [5.41, 5.74) is 0. The first-order chi connectivity index (χ1) is 17.0. The number of hydrogen-bond donors (Lipinski definition) is 2. The molecule has 0 spiro atoms. The zero-order chi connectivity index (χ0) is 24.0. The van der Waals surface area contributed by atoms with Gasteiger partial charge in [0.05, 0.1) is 5.38 Å². The van der Waals surface area contributed by atoms with Crippen LogP contribution in [0.2, 0.25) is 0 Å². The highest BCUT2D eigenvalue weighted by Gasteiger charge is 2.62. The van der Waals surface area contributed by atoms with Crippen LogP contribution in [0.1, 0.15) is 70.6 Å². The third-order valence-electron chi connectivity index (χ3n) is 11.3. The smallest absolute Gasteiger partial charge is 0.142 e. The first-order valence-electron chi connectivity index (χ1n) is 14.3. The molecule has 13 atom stereocenters. The molecule has 190 valence electrons. The Morgan fingerprint density at radius 3 is 1.63 bits per heavy atom. The van der Waals surface area contributed by atoms with E-state index in [1.165, 1.54) is 0 Å². The van der Waals surface area contributed by atoms with Gasteiger partial charge in [0, 0.05) is 71.5 Å². The summed E-state index contributed by atoms with van der Waals surface area (Å²) >= 11 is 6.96. The second-order valence-corrected chi connectivity index (χ2v) is 13.3. The van der Waals surface area contributed by atoms with E-state index >= 15 is 0 Å². The molecule has 0 aromatic heterocycles. The van der Waals surface area contributed by atoms with Gasteiger partial charge in [-0.15, -0.1) is 11.6 Å². The lowest BCUT2D eigenvalue weighted by Crippen LogP contribution is -2.78. The lowest BCUT2D eigenvalue weighted by Gasteiger charge is -2.59. The lowest BCUT2D eigenvalue weighted by atomic mass is 9.54. The van der Waals surface area contributed by atoms with Crippen molar-refractivity contribution in [1.29, 1.82) is 0 Å². The van der Waals surface area contributed by atoms with Crippen LogP contribution < -0.4 is 10.6 Å². The number of piperazine rings is 1. The van der Waals surface area contributed by atoms with E-state index in [1.54, 1.807) is 0 Å². The maximum atomic E-state index is 13.8. The first kappa shape index (κ1) is 23.0. The highest BCUT2D eigenvalue weighted by molar-refractivity contribution is 6.21. The third kappa shape index (κ3) is 3.28. The maximum absolute atomic E-state index is 13.8. The van der Waals surface area contributed by atoms with Crippen LogP contribution in [0.25, 0.3) is 0 Å². The average Bonchev–Trinajstić information content (AvgIpc) is 2.89. The van der Waals surface area contributed by atoms with Crippen molar-refractivity contribution in [3.63, 3.8) is 0 Å². The molecular weight excluding hydrogens is 464 g/mol. The third-order valence-corrected chi connectivity index (χ3v) is 11.7. The number of rotatable bonds is 0. The summed E-state index contributed by atoms with van der Waals surface area (Å²) in [5, 5.41) is 7.28. The fourth-order valence-electron chi connectivity index (χ4n) is 9.78. The standard InChI is InChI=1S/C28H37ClN2O4/c29-18-11-17-21(28(35)15-8-4-2-6-13(15)26(17)33)24-22(18)31-23-19(30-24)10-9-16-20(23)27(34)14-7-3-1-5-12(14)25(16)32/h12-24,30-31H,1-11H2. The van der Waals surface area contributed by atoms with Crippen LogP contribution in [-0.4, -0.2) is 52.7 Å². The topological polar surface area (TPSA) is 92.3 Å². The molecule has 0 aromatic rings. The van der Waals surface area contributed by atoms with Crippen LogP contribution in [0.15, 0.2) is 0 Å². The number of Topliss-reactive ketones (excluding diaryl/α,β-unsaturated/α-hetero) is 4. The Morgan fingerprint density at radius 2 is 1.03 bits per heavy atom. The molecule has 0 amide bonds. The minimum Gasteiger partial charge on any atom is -0.307 e. The molecule has 7 rings (SSSR count). The van der Waals surface area contributed by atoms with Gasteiger partial charge >= 0.3 is 0 Å². The van der Waals surface area contributed by atoms with Crippen LogP contribution in [0.5, 0.6) is 0 Å². The minimum absolute atomic E-state index is 0.0315. The predicted octanol–water partition coefficient (Wildman–Crippen LogP) is 2.84. The Hall–Kier alpha value is -1.11. The zero-order valence-corrected chi connectivity index (χ0v) is 21.1. The van der Waals surface area contributed by atoms with Gasteiger partial charge in [0.1, 0.15) is 23.1 Å². The summed E-state index contributed by atoms with van der Waals surface area (Å²) in [4.78, 5) is 54.5. The van der Waals surface area contributed by atoms with Gasteiger partial charge < -0.3 is 10.6 Å². The number of nitrogens with one attached hydrogen (secondary N) is 2. The van der Waals surface area contributed by atoms with Crippen molar-refractivity contribution in [3.8, 4) is 0 Å². The second-order valence-electron chi connectivity index (χ2n) is 12.7. The predicted molar refractivity (Wildman–Crippen MR) is 130 cm³/mol. The van der Waals surface area contributed by atoms with E-state index in [4.69, 9.17) is 11.6 Å². The normalized spacial score (nSPS) is 53.5. The molecule has 0 aromatic carbocycles. The fourth-order valence-corrected chi connectivity index (χ4v) is 10.2. The van der Waals surface area contributed by atoms with E-state index < -0.39 is 0 Å². The molecule has 0 radical (unpaired) electrons. The van der Waals surface area contributed by atoms with E-state index in [9.17, 15) is 19.2 Å². The number of alkyl halides is 1. The molecule has 6 saturated carbocycles. The molecule has 0 bridgehead atoms. The van der Waals surface area contributed by atoms with Crippen molar-refractivity contribution in [3.05, 3.63) is 0 Å².